The van der Waals surface area contributed by atoms with Crippen molar-refractivity contribution in [1.82, 2.24) is 14.8 Å². The van der Waals surface area contributed by atoms with Gasteiger partial charge in [-0.25, -0.2) is 0 Å². The van der Waals surface area contributed by atoms with Gasteiger partial charge in [-0.05, 0) is 45.8 Å². The van der Waals surface area contributed by atoms with E-state index in [1.54, 1.807) is 11.3 Å². The van der Waals surface area contributed by atoms with Crippen LogP contribution in [0, 0.1) is 0 Å². The smallest absolute Gasteiger partial charge is 0.261 e. The maximum absolute atomic E-state index is 12.2. The average molecular weight is 319 g/mol. The summed E-state index contributed by atoms with van der Waals surface area (Å²) in [6, 6.07) is 2.47. The first kappa shape index (κ1) is 15.6. The minimum Gasteiger partial charge on any atom is -0.350 e. The summed E-state index contributed by atoms with van der Waals surface area (Å²) in [5, 5.41) is 4.22. The number of thiophene rings is 1. The zero-order valence-corrected chi connectivity index (χ0v) is 14.3. The van der Waals surface area contributed by atoms with Crippen LogP contribution >= 0.6 is 11.3 Å². The Kier molecular flexibility index (Phi) is 4.84. The number of hydrogen-bond acceptors (Lipinski definition) is 3. The molecule has 1 aliphatic rings. The molecule has 0 saturated carbocycles. The summed E-state index contributed by atoms with van der Waals surface area (Å²) < 4.78 is 3.38. The number of piperidine rings is 1. The van der Waals surface area contributed by atoms with Crippen molar-refractivity contribution in [3.05, 3.63) is 23.3 Å². The largest absolute Gasteiger partial charge is 0.350 e. The van der Waals surface area contributed by atoms with E-state index in [-0.39, 0.29) is 5.91 Å². The van der Waals surface area contributed by atoms with Gasteiger partial charge in [-0.15, -0.1) is 11.3 Å². The highest BCUT2D eigenvalue weighted by molar-refractivity contribution is 7.20. The predicted molar refractivity (Wildman–Crippen MR) is 92.8 cm³/mol. The van der Waals surface area contributed by atoms with Crippen LogP contribution in [0.3, 0.4) is 0 Å². The molecule has 0 aromatic carbocycles. The minimum absolute atomic E-state index is 0.0642. The first-order valence-corrected chi connectivity index (χ1v) is 9.07. The Morgan fingerprint density at radius 3 is 2.73 bits per heavy atom. The van der Waals surface area contributed by atoms with Crippen LogP contribution in [0.1, 0.15) is 48.8 Å². The summed E-state index contributed by atoms with van der Waals surface area (Å²) in [6.07, 6.45) is 8.20. The summed E-state index contributed by atoms with van der Waals surface area (Å²) in [7, 11) is 0. The fourth-order valence-electron chi connectivity index (χ4n) is 2.96. The fraction of sp³-hybridized carbons (Fsp3) is 0.588. The van der Waals surface area contributed by atoms with Gasteiger partial charge in [0.1, 0.15) is 0 Å². The molecule has 1 fully saturated rings. The highest BCUT2D eigenvalue weighted by Gasteiger charge is 2.13. The molecule has 0 spiro atoms. The van der Waals surface area contributed by atoms with Gasteiger partial charge in [0, 0.05) is 36.9 Å². The molecule has 3 heterocycles. The van der Waals surface area contributed by atoms with Crippen molar-refractivity contribution in [2.75, 3.05) is 26.2 Å². The second kappa shape index (κ2) is 6.84. The Morgan fingerprint density at radius 1 is 1.27 bits per heavy atom. The Balaban J connectivity index is 1.54. The lowest BCUT2D eigenvalue weighted by Gasteiger charge is -2.26. The zero-order chi connectivity index (χ0) is 15.5. The molecule has 0 radical (unpaired) electrons. The van der Waals surface area contributed by atoms with Crippen molar-refractivity contribution in [3.63, 3.8) is 0 Å². The van der Waals surface area contributed by atoms with E-state index in [0.717, 1.165) is 18.0 Å². The first-order chi connectivity index (χ1) is 10.6. The number of fused-ring (bicyclic) bond motifs is 1. The van der Waals surface area contributed by atoms with Gasteiger partial charge in [0.25, 0.3) is 5.91 Å². The average Bonchev–Trinajstić information content (AvgIpc) is 3.06. The van der Waals surface area contributed by atoms with Gasteiger partial charge < -0.3 is 14.8 Å². The van der Waals surface area contributed by atoms with E-state index in [1.165, 1.54) is 42.4 Å². The van der Waals surface area contributed by atoms with Crippen LogP contribution in [0.15, 0.2) is 18.5 Å². The van der Waals surface area contributed by atoms with E-state index < -0.39 is 0 Å². The Morgan fingerprint density at radius 2 is 2.05 bits per heavy atom. The molecule has 2 aromatic heterocycles. The predicted octanol–water partition coefficient (Wildman–Crippen LogP) is 3.50. The quantitative estimate of drug-likeness (QED) is 0.916. The van der Waals surface area contributed by atoms with Crippen molar-refractivity contribution < 1.29 is 4.79 Å². The van der Waals surface area contributed by atoms with Crippen LogP contribution in [-0.2, 0) is 0 Å². The molecule has 0 bridgehead atoms. The van der Waals surface area contributed by atoms with Gasteiger partial charge in [-0.2, -0.15) is 0 Å². The van der Waals surface area contributed by atoms with E-state index in [0.29, 0.717) is 6.04 Å². The van der Waals surface area contributed by atoms with Gasteiger partial charge in [-0.1, -0.05) is 6.42 Å². The third-order valence-electron chi connectivity index (χ3n) is 4.33. The first-order valence-electron chi connectivity index (χ1n) is 8.25. The van der Waals surface area contributed by atoms with Crippen molar-refractivity contribution in [3.8, 4) is 0 Å². The Hall–Kier alpha value is -1.33. The van der Waals surface area contributed by atoms with Crippen molar-refractivity contribution in [2.24, 2.45) is 0 Å². The number of likely N-dealkylation sites (tertiary alicyclic amines) is 1. The second-order valence-electron chi connectivity index (χ2n) is 6.39. The molecule has 5 heteroatoms. The highest BCUT2D eigenvalue weighted by atomic mass is 32.1. The Bertz CT molecular complexity index is 606. The van der Waals surface area contributed by atoms with E-state index in [9.17, 15) is 4.79 Å². The maximum atomic E-state index is 12.2. The molecule has 120 valence electrons. The summed E-state index contributed by atoms with van der Waals surface area (Å²) in [6.45, 7) is 8.40. The third-order valence-corrected chi connectivity index (χ3v) is 5.41. The van der Waals surface area contributed by atoms with E-state index in [2.05, 4.69) is 41.0 Å². The summed E-state index contributed by atoms with van der Waals surface area (Å²) in [4.78, 5) is 15.5. The van der Waals surface area contributed by atoms with Crippen molar-refractivity contribution >= 4 is 27.3 Å². The van der Waals surface area contributed by atoms with Gasteiger partial charge in [0.15, 0.2) is 0 Å². The van der Waals surface area contributed by atoms with E-state index >= 15 is 0 Å². The highest BCUT2D eigenvalue weighted by Crippen LogP contribution is 2.27. The number of hydrogen-bond donors (Lipinski definition) is 1. The van der Waals surface area contributed by atoms with Gasteiger partial charge in [-0.3, -0.25) is 4.79 Å². The van der Waals surface area contributed by atoms with Crippen molar-refractivity contribution in [1.29, 1.82) is 0 Å². The topological polar surface area (TPSA) is 37.3 Å². The molecular weight excluding hydrogens is 294 g/mol. The van der Waals surface area contributed by atoms with Crippen LogP contribution < -0.4 is 5.32 Å². The van der Waals surface area contributed by atoms with E-state index in [4.69, 9.17) is 0 Å². The number of carbonyl (C=O) groups is 1. The second-order valence-corrected chi connectivity index (χ2v) is 7.47. The van der Waals surface area contributed by atoms with Crippen LogP contribution in [0.5, 0.6) is 0 Å². The number of carbonyl (C=O) groups excluding carboxylic acids is 1. The van der Waals surface area contributed by atoms with Crippen molar-refractivity contribution in [2.45, 2.75) is 39.2 Å². The molecule has 2 aromatic rings. The summed E-state index contributed by atoms with van der Waals surface area (Å²) in [5.74, 6) is 0.0642. The zero-order valence-electron chi connectivity index (χ0n) is 13.5. The monoisotopic (exact) mass is 319 g/mol. The van der Waals surface area contributed by atoms with Crippen LogP contribution in [-0.4, -0.2) is 41.6 Å². The van der Waals surface area contributed by atoms with Gasteiger partial charge >= 0.3 is 0 Å². The van der Waals surface area contributed by atoms with Crippen LogP contribution in [0.4, 0.5) is 0 Å². The summed E-state index contributed by atoms with van der Waals surface area (Å²) >= 11 is 1.58. The molecule has 1 saturated heterocycles. The van der Waals surface area contributed by atoms with Gasteiger partial charge in [0.05, 0.1) is 9.58 Å². The molecular formula is C17H25N3OS. The summed E-state index contributed by atoms with van der Waals surface area (Å²) in [5.41, 5.74) is 0. The standard InChI is InChI=1S/C17H25N3OS/c1-13(2)20-11-14-10-15(22-16(14)12-20)17(21)18-6-9-19-7-4-3-5-8-19/h10-13H,3-9H2,1-2H3,(H,18,21). The van der Waals surface area contributed by atoms with Gasteiger partial charge in [0.2, 0.25) is 0 Å². The number of nitrogens with zero attached hydrogens (tertiary/aromatic N) is 2. The number of rotatable bonds is 5. The minimum atomic E-state index is 0.0642. The number of nitrogens with one attached hydrogen (secondary N) is 1. The lowest BCUT2D eigenvalue weighted by Crippen LogP contribution is -2.37. The fourth-order valence-corrected chi connectivity index (χ4v) is 3.95. The lowest BCUT2D eigenvalue weighted by molar-refractivity contribution is 0.0950. The Labute approximate surface area is 136 Å². The molecule has 4 nitrogen and oxygen atoms in total. The molecule has 1 N–H and O–H groups in total. The van der Waals surface area contributed by atoms with Crippen LogP contribution in [0.25, 0.3) is 10.1 Å². The third kappa shape index (κ3) is 3.52. The van der Waals surface area contributed by atoms with E-state index in [1.807, 2.05) is 6.07 Å². The maximum Gasteiger partial charge on any atom is 0.261 e. The molecule has 1 amide bonds. The SMILES string of the molecule is CC(C)n1cc2cc(C(=O)NCCN3CCCCC3)sc2c1. The molecule has 0 atom stereocenters. The molecule has 0 unspecified atom stereocenters. The lowest BCUT2D eigenvalue weighted by atomic mass is 10.1. The molecule has 3 rings (SSSR count). The normalized spacial score (nSPS) is 16.5. The number of amides is 1. The molecule has 0 aliphatic carbocycles. The molecule has 22 heavy (non-hydrogen) atoms. The molecule has 1 aliphatic heterocycles. The van der Waals surface area contributed by atoms with Crippen LogP contribution in [0.2, 0.25) is 0 Å². The number of aromatic nitrogens is 1.